The monoisotopic (exact) mass is 271 g/mol. The van der Waals surface area contributed by atoms with E-state index in [1.165, 1.54) is 17.7 Å². The van der Waals surface area contributed by atoms with Gasteiger partial charge < -0.3 is 5.73 Å². The molecule has 0 saturated carbocycles. The maximum absolute atomic E-state index is 13.4. The molecule has 0 fully saturated rings. The van der Waals surface area contributed by atoms with Crippen LogP contribution in [0.25, 0.3) is 0 Å². The maximum Gasteiger partial charge on any atom is 0.193 e. The molecule has 0 aliphatic carbocycles. The Bertz CT molecular complexity index is 649. The maximum atomic E-state index is 13.4. The van der Waals surface area contributed by atoms with Crippen LogP contribution in [0.3, 0.4) is 0 Å². The molecule has 104 valence electrons. The summed E-state index contributed by atoms with van der Waals surface area (Å²) < 4.78 is 13.4. The van der Waals surface area contributed by atoms with E-state index in [-0.39, 0.29) is 11.5 Å². The SMILES string of the molecule is CCc1ccc(C(=O)c2ccc(N)c(F)c2)cc1CC. The molecule has 0 aromatic heterocycles. The molecule has 0 heterocycles. The summed E-state index contributed by atoms with van der Waals surface area (Å²) in [5.41, 5.74) is 8.79. The van der Waals surface area contributed by atoms with Crippen LogP contribution in [0.4, 0.5) is 10.1 Å². The van der Waals surface area contributed by atoms with Crippen molar-refractivity contribution in [3.05, 3.63) is 64.5 Å². The molecule has 2 nitrogen and oxygen atoms in total. The number of aryl methyl sites for hydroxylation is 2. The summed E-state index contributed by atoms with van der Waals surface area (Å²) in [6, 6.07) is 9.84. The average Bonchev–Trinajstić information content (AvgIpc) is 2.48. The Hall–Kier alpha value is -2.16. The minimum absolute atomic E-state index is 0.0529. The summed E-state index contributed by atoms with van der Waals surface area (Å²) in [5, 5.41) is 0. The quantitative estimate of drug-likeness (QED) is 0.679. The first-order valence-corrected chi connectivity index (χ1v) is 6.78. The van der Waals surface area contributed by atoms with Crippen LogP contribution in [0.15, 0.2) is 36.4 Å². The molecule has 0 aliphatic rings. The Balaban J connectivity index is 2.40. The topological polar surface area (TPSA) is 43.1 Å². The molecule has 2 N–H and O–H groups in total. The molecule has 2 aromatic carbocycles. The zero-order valence-electron chi connectivity index (χ0n) is 11.7. The number of carbonyl (C=O) groups excluding carboxylic acids is 1. The average molecular weight is 271 g/mol. The summed E-state index contributed by atoms with van der Waals surface area (Å²) in [6.07, 6.45) is 1.81. The molecule has 0 aliphatic heterocycles. The van der Waals surface area contributed by atoms with Crippen LogP contribution in [-0.4, -0.2) is 5.78 Å². The number of rotatable bonds is 4. The molecule has 20 heavy (non-hydrogen) atoms. The zero-order chi connectivity index (χ0) is 14.7. The van der Waals surface area contributed by atoms with E-state index in [1.54, 1.807) is 12.1 Å². The molecule has 0 amide bonds. The fraction of sp³-hybridized carbons (Fsp3) is 0.235. The van der Waals surface area contributed by atoms with Gasteiger partial charge in [0.25, 0.3) is 0 Å². The van der Waals surface area contributed by atoms with Crippen LogP contribution in [0.5, 0.6) is 0 Å². The van der Waals surface area contributed by atoms with Crippen LogP contribution >= 0.6 is 0 Å². The van der Waals surface area contributed by atoms with E-state index in [0.717, 1.165) is 18.4 Å². The molecular formula is C17H18FNO. The highest BCUT2D eigenvalue weighted by Crippen LogP contribution is 2.19. The van der Waals surface area contributed by atoms with Crippen molar-refractivity contribution >= 4 is 11.5 Å². The van der Waals surface area contributed by atoms with Crippen LogP contribution in [0, 0.1) is 5.82 Å². The van der Waals surface area contributed by atoms with Gasteiger partial charge in [-0.15, -0.1) is 0 Å². The van der Waals surface area contributed by atoms with Gasteiger partial charge in [-0.3, -0.25) is 4.79 Å². The molecule has 0 radical (unpaired) electrons. The smallest absolute Gasteiger partial charge is 0.193 e. The van der Waals surface area contributed by atoms with E-state index in [9.17, 15) is 9.18 Å². The highest BCUT2D eigenvalue weighted by Gasteiger charge is 2.12. The minimum Gasteiger partial charge on any atom is -0.396 e. The summed E-state index contributed by atoms with van der Waals surface area (Å²) in [7, 11) is 0. The molecule has 0 atom stereocenters. The van der Waals surface area contributed by atoms with Crippen molar-refractivity contribution in [2.24, 2.45) is 0 Å². The molecule has 3 heteroatoms. The first kappa shape index (κ1) is 14.3. The van der Waals surface area contributed by atoms with E-state index in [1.807, 2.05) is 12.1 Å². The van der Waals surface area contributed by atoms with Gasteiger partial charge in [-0.1, -0.05) is 26.0 Å². The normalized spacial score (nSPS) is 10.6. The number of carbonyl (C=O) groups is 1. The number of halogens is 1. The summed E-state index contributed by atoms with van der Waals surface area (Å²) in [4.78, 5) is 12.4. The summed E-state index contributed by atoms with van der Waals surface area (Å²) in [5.74, 6) is -0.738. The molecule has 0 bridgehead atoms. The molecule has 2 aromatic rings. The lowest BCUT2D eigenvalue weighted by molar-refractivity contribution is 0.103. The Morgan fingerprint density at radius 3 is 2.20 bits per heavy atom. The number of nitrogen functional groups attached to an aromatic ring is 1. The Morgan fingerprint density at radius 1 is 1.00 bits per heavy atom. The molecule has 0 saturated heterocycles. The number of nitrogens with two attached hydrogens (primary N) is 1. The second kappa shape index (κ2) is 5.87. The second-order valence-corrected chi connectivity index (χ2v) is 4.76. The van der Waals surface area contributed by atoms with Gasteiger partial charge in [-0.05, 0) is 48.2 Å². The third-order valence-electron chi connectivity index (χ3n) is 3.49. The Labute approximate surface area is 118 Å². The van der Waals surface area contributed by atoms with Crippen LogP contribution in [-0.2, 0) is 12.8 Å². The third-order valence-corrected chi connectivity index (χ3v) is 3.49. The second-order valence-electron chi connectivity index (χ2n) is 4.76. The van der Waals surface area contributed by atoms with Crippen molar-refractivity contribution in [2.75, 3.05) is 5.73 Å². The summed E-state index contributed by atoms with van der Waals surface area (Å²) in [6.45, 7) is 4.15. The number of ketones is 1. The van der Waals surface area contributed by atoms with E-state index in [2.05, 4.69) is 13.8 Å². The predicted molar refractivity (Wildman–Crippen MR) is 79.4 cm³/mol. The van der Waals surface area contributed by atoms with E-state index in [0.29, 0.717) is 11.1 Å². The highest BCUT2D eigenvalue weighted by molar-refractivity contribution is 6.09. The van der Waals surface area contributed by atoms with Crippen LogP contribution < -0.4 is 5.73 Å². The largest absolute Gasteiger partial charge is 0.396 e. The lowest BCUT2D eigenvalue weighted by Crippen LogP contribution is -2.05. The van der Waals surface area contributed by atoms with E-state index in [4.69, 9.17) is 5.73 Å². The van der Waals surface area contributed by atoms with Crippen molar-refractivity contribution in [1.82, 2.24) is 0 Å². The van der Waals surface area contributed by atoms with E-state index < -0.39 is 5.82 Å². The number of benzene rings is 2. The predicted octanol–water partition coefficient (Wildman–Crippen LogP) is 3.76. The van der Waals surface area contributed by atoms with Gasteiger partial charge in [0, 0.05) is 11.1 Å². The van der Waals surface area contributed by atoms with Gasteiger partial charge in [0.15, 0.2) is 5.78 Å². The summed E-state index contributed by atoms with van der Waals surface area (Å²) >= 11 is 0. The van der Waals surface area contributed by atoms with Crippen LogP contribution in [0.1, 0.15) is 40.9 Å². The van der Waals surface area contributed by atoms with Crippen molar-refractivity contribution in [1.29, 1.82) is 0 Å². The first-order chi connectivity index (χ1) is 9.56. The van der Waals surface area contributed by atoms with Crippen molar-refractivity contribution in [3.63, 3.8) is 0 Å². The zero-order valence-corrected chi connectivity index (χ0v) is 11.7. The lowest BCUT2D eigenvalue weighted by Gasteiger charge is -2.09. The van der Waals surface area contributed by atoms with Gasteiger partial charge in [0.2, 0.25) is 0 Å². The lowest BCUT2D eigenvalue weighted by atomic mass is 9.96. The molecule has 0 spiro atoms. The van der Waals surface area contributed by atoms with Gasteiger partial charge in [-0.2, -0.15) is 0 Å². The number of anilines is 1. The Morgan fingerprint density at radius 2 is 1.60 bits per heavy atom. The Kier molecular flexibility index (Phi) is 4.18. The minimum atomic E-state index is -0.559. The van der Waals surface area contributed by atoms with Gasteiger partial charge in [0.1, 0.15) is 5.82 Å². The van der Waals surface area contributed by atoms with Crippen molar-refractivity contribution in [2.45, 2.75) is 26.7 Å². The fourth-order valence-electron chi connectivity index (χ4n) is 2.28. The van der Waals surface area contributed by atoms with Gasteiger partial charge >= 0.3 is 0 Å². The standard InChI is InChI=1S/C17H18FNO/c1-3-11-5-6-13(9-12(11)4-2)17(20)14-7-8-16(19)15(18)10-14/h5-10H,3-4,19H2,1-2H3. The molecule has 2 rings (SSSR count). The fourth-order valence-corrected chi connectivity index (χ4v) is 2.28. The van der Waals surface area contributed by atoms with Gasteiger partial charge in [0.05, 0.1) is 5.69 Å². The number of hydrogen-bond acceptors (Lipinski definition) is 2. The van der Waals surface area contributed by atoms with Gasteiger partial charge in [-0.25, -0.2) is 4.39 Å². The molecular weight excluding hydrogens is 253 g/mol. The van der Waals surface area contributed by atoms with Crippen molar-refractivity contribution in [3.8, 4) is 0 Å². The third kappa shape index (κ3) is 2.72. The van der Waals surface area contributed by atoms with E-state index >= 15 is 0 Å². The molecule has 0 unspecified atom stereocenters. The van der Waals surface area contributed by atoms with Crippen molar-refractivity contribution < 1.29 is 9.18 Å². The van der Waals surface area contributed by atoms with Crippen LogP contribution in [0.2, 0.25) is 0 Å². The number of hydrogen-bond donors (Lipinski definition) is 1. The highest BCUT2D eigenvalue weighted by atomic mass is 19.1. The first-order valence-electron chi connectivity index (χ1n) is 6.78.